The van der Waals surface area contributed by atoms with Crippen molar-refractivity contribution in [3.8, 4) is 11.8 Å². The fraction of sp³-hybridized carbons (Fsp3) is 0.304. The van der Waals surface area contributed by atoms with Crippen LogP contribution in [0.5, 0.6) is 5.75 Å². The molecular weight excluding hydrogens is 438 g/mol. The molecule has 3 N–H and O–H groups in total. The predicted octanol–water partition coefficient (Wildman–Crippen LogP) is 3.27. The standard InChI is InChI=1S/C23H23N7O2S/c1-15-12-26-23(27-18-4-2-3-5-20(18)29-8-9-33-13-17(29)11-24)30(22(15)28-32-23)16-6-7-21-19(10-16)25-14-31-21/h2-7,10,12,17,25,27-28H,8-9,13-14H2,1H3. The molecule has 0 saturated carbocycles. The zero-order chi connectivity index (χ0) is 22.4. The number of benzene rings is 2. The Kier molecular flexibility index (Phi) is 4.74. The summed E-state index contributed by atoms with van der Waals surface area (Å²) in [5.74, 6) is 2.19. The number of aliphatic imine (C=N–C) groups is 1. The summed E-state index contributed by atoms with van der Waals surface area (Å²) in [5.41, 5.74) is 7.65. The lowest BCUT2D eigenvalue weighted by molar-refractivity contribution is -0.0214. The third-order valence-corrected chi connectivity index (χ3v) is 7.15. The Hall–Kier alpha value is -3.55. The van der Waals surface area contributed by atoms with E-state index in [1.807, 2.05) is 72.3 Å². The molecule has 4 aliphatic heterocycles. The first-order chi connectivity index (χ1) is 16.2. The van der Waals surface area contributed by atoms with Crippen molar-refractivity contribution in [2.75, 3.05) is 45.2 Å². The second kappa shape index (κ2) is 7.79. The Labute approximate surface area is 196 Å². The number of fused-ring (bicyclic) bond motifs is 3. The van der Waals surface area contributed by atoms with Crippen LogP contribution in [0.4, 0.5) is 22.7 Å². The maximum Gasteiger partial charge on any atom is 0.351 e. The lowest BCUT2D eigenvalue weighted by atomic mass is 10.1. The molecule has 4 heterocycles. The Morgan fingerprint density at radius 2 is 2.21 bits per heavy atom. The van der Waals surface area contributed by atoms with Gasteiger partial charge in [-0.1, -0.05) is 12.1 Å². The van der Waals surface area contributed by atoms with Crippen LogP contribution in [-0.4, -0.2) is 43.0 Å². The molecule has 4 aliphatic rings. The molecule has 2 aromatic rings. The van der Waals surface area contributed by atoms with Gasteiger partial charge >= 0.3 is 5.97 Å². The summed E-state index contributed by atoms with van der Waals surface area (Å²) in [5, 5.41) is 16.5. The lowest BCUT2D eigenvalue weighted by Gasteiger charge is -2.39. The minimum absolute atomic E-state index is 0.182. The average Bonchev–Trinajstić information content (AvgIpc) is 3.43. The first-order valence-electron chi connectivity index (χ1n) is 10.8. The molecule has 33 heavy (non-hydrogen) atoms. The number of hydrogen-bond donors (Lipinski definition) is 3. The average molecular weight is 462 g/mol. The highest BCUT2D eigenvalue weighted by Crippen LogP contribution is 2.43. The van der Waals surface area contributed by atoms with Crippen LogP contribution >= 0.6 is 11.8 Å². The van der Waals surface area contributed by atoms with Gasteiger partial charge in [-0.3, -0.25) is 4.90 Å². The van der Waals surface area contributed by atoms with E-state index >= 15 is 0 Å². The summed E-state index contributed by atoms with van der Waals surface area (Å²) in [6.07, 6.45) is 1.81. The molecule has 0 amide bonds. The van der Waals surface area contributed by atoms with Crippen LogP contribution in [0.25, 0.3) is 0 Å². The third kappa shape index (κ3) is 3.23. The van der Waals surface area contributed by atoms with Crippen LogP contribution in [0.1, 0.15) is 6.92 Å². The van der Waals surface area contributed by atoms with E-state index in [2.05, 4.69) is 27.1 Å². The molecule has 2 atom stereocenters. The van der Waals surface area contributed by atoms with E-state index in [-0.39, 0.29) is 6.04 Å². The number of nitrogens with zero attached hydrogens (tertiary/aromatic N) is 4. The van der Waals surface area contributed by atoms with E-state index in [1.165, 1.54) is 0 Å². The van der Waals surface area contributed by atoms with Crippen molar-refractivity contribution < 1.29 is 9.57 Å². The molecule has 9 nitrogen and oxygen atoms in total. The molecule has 2 unspecified atom stereocenters. The molecule has 2 fully saturated rings. The predicted molar refractivity (Wildman–Crippen MR) is 130 cm³/mol. The fourth-order valence-electron chi connectivity index (χ4n) is 4.48. The van der Waals surface area contributed by atoms with Crippen molar-refractivity contribution in [2.24, 2.45) is 4.99 Å². The zero-order valence-electron chi connectivity index (χ0n) is 18.0. The van der Waals surface area contributed by atoms with Crippen molar-refractivity contribution in [3.63, 3.8) is 0 Å². The number of allylic oxidation sites excluding steroid dienone is 1. The molecule has 0 aromatic heterocycles. The van der Waals surface area contributed by atoms with Gasteiger partial charge < -0.3 is 20.3 Å². The normalized spacial score (nSPS) is 25.2. The third-order valence-electron chi connectivity index (χ3n) is 6.12. The van der Waals surface area contributed by atoms with Gasteiger partial charge in [0.15, 0.2) is 6.73 Å². The first kappa shape index (κ1) is 20.1. The van der Waals surface area contributed by atoms with Crippen molar-refractivity contribution in [1.82, 2.24) is 5.48 Å². The highest BCUT2D eigenvalue weighted by molar-refractivity contribution is 7.99. The Balaban J connectivity index is 1.40. The van der Waals surface area contributed by atoms with Crippen LogP contribution < -0.4 is 30.7 Å². The molecule has 0 aliphatic carbocycles. The number of rotatable bonds is 4. The van der Waals surface area contributed by atoms with Crippen LogP contribution in [0.3, 0.4) is 0 Å². The van der Waals surface area contributed by atoms with E-state index in [0.717, 1.165) is 57.9 Å². The van der Waals surface area contributed by atoms with Gasteiger partial charge in [-0.15, -0.1) is 0 Å². The Morgan fingerprint density at radius 1 is 1.30 bits per heavy atom. The Bertz CT molecular complexity index is 1210. The second-order valence-electron chi connectivity index (χ2n) is 8.14. The Morgan fingerprint density at radius 3 is 3.12 bits per heavy atom. The van der Waals surface area contributed by atoms with E-state index in [1.54, 1.807) is 0 Å². The second-order valence-corrected chi connectivity index (χ2v) is 9.29. The topological polar surface area (TPSA) is 97.2 Å². The van der Waals surface area contributed by atoms with Gasteiger partial charge in [-0.05, 0) is 37.3 Å². The quantitative estimate of drug-likeness (QED) is 0.634. The number of thioether (sulfide) groups is 1. The van der Waals surface area contributed by atoms with Crippen molar-refractivity contribution in [1.29, 1.82) is 5.26 Å². The summed E-state index contributed by atoms with van der Waals surface area (Å²) < 4.78 is 5.59. The summed E-state index contributed by atoms with van der Waals surface area (Å²) in [7, 11) is 0. The molecule has 0 radical (unpaired) electrons. The van der Waals surface area contributed by atoms with Gasteiger partial charge in [-0.2, -0.15) is 17.0 Å². The van der Waals surface area contributed by atoms with Crippen molar-refractivity contribution in [2.45, 2.75) is 18.9 Å². The van der Waals surface area contributed by atoms with Crippen LogP contribution in [0.15, 0.2) is 58.9 Å². The van der Waals surface area contributed by atoms with Crippen LogP contribution in [0, 0.1) is 11.3 Å². The molecule has 6 rings (SSSR count). The number of nitriles is 1. The highest BCUT2D eigenvalue weighted by atomic mass is 32.2. The van der Waals surface area contributed by atoms with Gasteiger partial charge in [0.05, 0.1) is 28.8 Å². The molecular formula is C23H23N7O2S. The van der Waals surface area contributed by atoms with Crippen LogP contribution in [0.2, 0.25) is 0 Å². The van der Waals surface area contributed by atoms with Gasteiger partial charge in [0, 0.05) is 29.8 Å². The molecule has 10 heteroatoms. The van der Waals surface area contributed by atoms with E-state index in [4.69, 9.17) is 14.6 Å². The van der Waals surface area contributed by atoms with Gasteiger partial charge in [0.2, 0.25) is 0 Å². The largest absolute Gasteiger partial charge is 0.471 e. The number of para-hydroxylation sites is 2. The van der Waals surface area contributed by atoms with Gasteiger partial charge in [0.25, 0.3) is 0 Å². The van der Waals surface area contributed by atoms with Crippen LogP contribution in [-0.2, 0) is 4.84 Å². The minimum Gasteiger partial charge on any atom is -0.471 e. The summed E-state index contributed by atoms with van der Waals surface area (Å²) in [6.45, 7) is 3.25. The SMILES string of the molecule is CC1=C2NOC(Nc3ccccc3N3CCSCC3C#N)(N=C1)N2c1ccc2c(c1)NCO2. The van der Waals surface area contributed by atoms with E-state index in [0.29, 0.717) is 6.73 Å². The van der Waals surface area contributed by atoms with E-state index < -0.39 is 5.97 Å². The van der Waals surface area contributed by atoms with Gasteiger partial charge in [0.1, 0.15) is 17.6 Å². The highest BCUT2D eigenvalue weighted by Gasteiger charge is 2.50. The summed E-state index contributed by atoms with van der Waals surface area (Å²) >= 11 is 1.81. The maximum absolute atomic E-state index is 9.72. The molecule has 2 bridgehead atoms. The number of nitrogens with one attached hydrogen (secondary N) is 3. The minimum atomic E-state index is -1.22. The summed E-state index contributed by atoms with van der Waals surface area (Å²) in [4.78, 5) is 15.0. The lowest BCUT2D eigenvalue weighted by Crippen LogP contribution is -2.52. The van der Waals surface area contributed by atoms with Crippen molar-refractivity contribution in [3.05, 3.63) is 53.9 Å². The smallest absolute Gasteiger partial charge is 0.351 e. The molecule has 168 valence electrons. The number of anilines is 4. The molecule has 2 aromatic carbocycles. The van der Waals surface area contributed by atoms with E-state index in [9.17, 15) is 5.26 Å². The maximum atomic E-state index is 9.72. The molecule has 0 spiro atoms. The zero-order valence-corrected chi connectivity index (χ0v) is 18.9. The first-order valence-corrected chi connectivity index (χ1v) is 12.0. The van der Waals surface area contributed by atoms with Gasteiger partial charge in [-0.25, -0.2) is 15.3 Å². The molecule has 2 saturated heterocycles. The number of hydroxylamine groups is 1. The summed E-state index contributed by atoms with van der Waals surface area (Å²) in [6, 6.07) is 16.2. The number of ether oxygens (including phenoxy) is 1. The fourth-order valence-corrected chi connectivity index (χ4v) is 5.45. The monoisotopic (exact) mass is 461 g/mol. The van der Waals surface area contributed by atoms with Crippen molar-refractivity contribution >= 4 is 40.7 Å². The number of hydrogen-bond acceptors (Lipinski definition) is 10.